The minimum absolute atomic E-state index is 0.641. The van der Waals surface area contributed by atoms with E-state index in [1.54, 1.807) is 0 Å². The summed E-state index contributed by atoms with van der Waals surface area (Å²) in [6.45, 7) is 3.12. The SMILES string of the molecule is CC1C=CC2=C1CCO2. The molecule has 1 atom stereocenters. The smallest absolute Gasteiger partial charge is 0.118 e. The molecule has 48 valence electrons. The second-order valence-corrected chi connectivity index (χ2v) is 2.64. The molecule has 0 radical (unpaired) electrons. The van der Waals surface area contributed by atoms with Crippen LogP contribution in [0.5, 0.6) is 0 Å². The topological polar surface area (TPSA) is 9.23 Å². The molecule has 0 fully saturated rings. The first-order chi connectivity index (χ1) is 4.38. The molecule has 1 aliphatic heterocycles. The molecule has 1 nitrogen and oxygen atoms in total. The highest BCUT2D eigenvalue weighted by Gasteiger charge is 2.21. The zero-order valence-corrected chi connectivity index (χ0v) is 5.55. The van der Waals surface area contributed by atoms with Crippen molar-refractivity contribution in [2.45, 2.75) is 13.3 Å². The molecule has 0 aromatic heterocycles. The number of rotatable bonds is 0. The molecule has 2 aliphatic rings. The summed E-state index contributed by atoms with van der Waals surface area (Å²) in [5.74, 6) is 1.78. The number of allylic oxidation sites excluding steroid dienone is 2. The Bertz CT molecular complexity index is 189. The third-order valence-corrected chi connectivity index (χ3v) is 2.03. The molecule has 0 amide bonds. The van der Waals surface area contributed by atoms with Gasteiger partial charge in [0.15, 0.2) is 0 Å². The van der Waals surface area contributed by atoms with Crippen molar-refractivity contribution in [2.24, 2.45) is 5.92 Å². The van der Waals surface area contributed by atoms with Crippen LogP contribution in [0.15, 0.2) is 23.5 Å². The summed E-state index contributed by atoms with van der Waals surface area (Å²) in [6, 6.07) is 0. The predicted octanol–water partition coefficient (Wildman–Crippen LogP) is 1.87. The fourth-order valence-corrected chi connectivity index (χ4v) is 1.44. The van der Waals surface area contributed by atoms with Gasteiger partial charge in [-0.1, -0.05) is 13.0 Å². The van der Waals surface area contributed by atoms with E-state index in [-0.39, 0.29) is 0 Å². The standard InChI is InChI=1S/C8H10O/c1-6-2-3-8-7(6)4-5-9-8/h2-3,6H,4-5H2,1H3. The van der Waals surface area contributed by atoms with Crippen LogP contribution in [0.25, 0.3) is 0 Å². The molecule has 0 bridgehead atoms. The molecule has 1 heterocycles. The van der Waals surface area contributed by atoms with Crippen molar-refractivity contribution in [3.8, 4) is 0 Å². The summed E-state index contributed by atoms with van der Waals surface area (Å²) in [7, 11) is 0. The van der Waals surface area contributed by atoms with E-state index < -0.39 is 0 Å². The number of hydrogen-bond donors (Lipinski definition) is 0. The van der Waals surface area contributed by atoms with Gasteiger partial charge in [0.05, 0.1) is 6.61 Å². The molecule has 0 saturated heterocycles. The van der Waals surface area contributed by atoms with Crippen molar-refractivity contribution in [3.05, 3.63) is 23.5 Å². The lowest BCUT2D eigenvalue weighted by Gasteiger charge is -1.98. The van der Waals surface area contributed by atoms with Crippen LogP contribution in [0.4, 0.5) is 0 Å². The van der Waals surface area contributed by atoms with Gasteiger partial charge in [-0.05, 0) is 17.6 Å². The van der Waals surface area contributed by atoms with Gasteiger partial charge in [-0.2, -0.15) is 0 Å². The lowest BCUT2D eigenvalue weighted by atomic mass is 10.0. The van der Waals surface area contributed by atoms with Crippen LogP contribution < -0.4 is 0 Å². The Balaban J connectivity index is 2.33. The summed E-state index contributed by atoms with van der Waals surface area (Å²) >= 11 is 0. The van der Waals surface area contributed by atoms with E-state index in [2.05, 4.69) is 19.1 Å². The van der Waals surface area contributed by atoms with Gasteiger partial charge in [0.1, 0.15) is 5.76 Å². The Kier molecular flexibility index (Phi) is 0.922. The summed E-state index contributed by atoms with van der Waals surface area (Å²) < 4.78 is 5.34. The van der Waals surface area contributed by atoms with Crippen LogP contribution in [0.1, 0.15) is 13.3 Å². The molecule has 2 rings (SSSR count). The second-order valence-electron chi connectivity index (χ2n) is 2.64. The number of hydrogen-bond acceptors (Lipinski definition) is 1. The monoisotopic (exact) mass is 122 g/mol. The first kappa shape index (κ1) is 5.10. The Morgan fingerprint density at radius 1 is 1.67 bits per heavy atom. The van der Waals surface area contributed by atoms with E-state index >= 15 is 0 Å². The second kappa shape index (κ2) is 1.63. The fraction of sp³-hybridized carbons (Fsp3) is 0.500. The van der Waals surface area contributed by atoms with Gasteiger partial charge in [0, 0.05) is 6.42 Å². The van der Waals surface area contributed by atoms with Crippen molar-refractivity contribution in [3.63, 3.8) is 0 Å². The van der Waals surface area contributed by atoms with E-state index in [1.807, 2.05) is 0 Å². The minimum Gasteiger partial charge on any atom is -0.493 e. The van der Waals surface area contributed by atoms with Gasteiger partial charge in [0.2, 0.25) is 0 Å². The van der Waals surface area contributed by atoms with Crippen LogP contribution in [0.3, 0.4) is 0 Å². The van der Waals surface area contributed by atoms with E-state index in [4.69, 9.17) is 4.74 Å². The Morgan fingerprint density at radius 2 is 2.56 bits per heavy atom. The van der Waals surface area contributed by atoms with E-state index in [0.29, 0.717) is 5.92 Å². The molecular weight excluding hydrogens is 112 g/mol. The predicted molar refractivity (Wildman–Crippen MR) is 35.9 cm³/mol. The van der Waals surface area contributed by atoms with Gasteiger partial charge in [0.25, 0.3) is 0 Å². The third kappa shape index (κ3) is 0.607. The summed E-state index contributed by atoms with van der Waals surface area (Å²) in [6.07, 6.45) is 5.43. The molecule has 0 saturated carbocycles. The van der Waals surface area contributed by atoms with Crippen molar-refractivity contribution in [2.75, 3.05) is 6.61 Å². The van der Waals surface area contributed by atoms with Crippen molar-refractivity contribution in [1.29, 1.82) is 0 Å². The van der Waals surface area contributed by atoms with Crippen molar-refractivity contribution < 1.29 is 4.74 Å². The van der Waals surface area contributed by atoms with Gasteiger partial charge < -0.3 is 4.74 Å². The zero-order valence-electron chi connectivity index (χ0n) is 5.55. The Hall–Kier alpha value is -0.720. The van der Waals surface area contributed by atoms with Gasteiger partial charge >= 0.3 is 0 Å². The Labute approximate surface area is 55.0 Å². The Morgan fingerprint density at radius 3 is 3.33 bits per heavy atom. The largest absolute Gasteiger partial charge is 0.493 e. The molecule has 0 spiro atoms. The average molecular weight is 122 g/mol. The van der Waals surface area contributed by atoms with Crippen LogP contribution in [-0.4, -0.2) is 6.61 Å². The van der Waals surface area contributed by atoms with Crippen molar-refractivity contribution in [1.82, 2.24) is 0 Å². The van der Waals surface area contributed by atoms with Crippen LogP contribution in [-0.2, 0) is 4.74 Å². The summed E-state index contributed by atoms with van der Waals surface area (Å²) in [5.41, 5.74) is 1.50. The maximum atomic E-state index is 5.34. The molecular formula is C8H10O. The molecule has 0 aromatic rings. The maximum absolute atomic E-state index is 5.34. The van der Waals surface area contributed by atoms with Gasteiger partial charge in [-0.15, -0.1) is 0 Å². The minimum atomic E-state index is 0.641. The molecule has 0 aromatic carbocycles. The maximum Gasteiger partial charge on any atom is 0.118 e. The highest BCUT2D eigenvalue weighted by atomic mass is 16.5. The van der Waals surface area contributed by atoms with Gasteiger partial charge in [-0.3, -0.25) is 0 Å². The number of ether oxygens (including phenoxy) is 1. The lowest BCUT2D eigenvalue weighted by molar-refractivity contribution is 0.257. The van der Waals surface area contributed by atoms with Gasteiger partial charge in [-0.25, -0.2) is 0 Å². The fourth-order valence-electron chi connectivity index (χ4n) is 1.44. The van der Waals surface area contributed by atoms with Crippen LogP contribution in [0, 0.1) is 5.92 Å². The van der Waals surface area contributed by atoms with Crippen molar-refractivity contribution >= 4 is 0 Å². The highest BCUT2D eigenvalue weighted by Crippen LogP contribution is 2.32. The normalized spacial score (nSPS) is 31.0. The molecule has 1 unspecified atom stereocenters. The first-order valence-corrected chi connectivity index (χ1v) is 3.42. The highest BCUT2D eigenvalue weighted by molar-refractivity contribution is 5.34. The quantitative estimate of drug-likeness (QED) is 0.476. The van der Waals surface area contributed by atoms with E-state index in [1.165, 1.54) is 5.57 Å². The van der Waals surface area contributed by atoms with Crippen LogP contribution in [0.2, 0.25) is 0 Å². The average Bonchev–Trinajstić information content (AvgIpc) is 2.35. The zero-order chi connectivity index (χ0) is 6.27. The lowest BCUT2D eigenvalue weighted by Crippen LogP contribution is -1.89. The van der Waals surface area contributed by atoms with Crippen LogP contribution >= 0.6 is 0 Å². The molecule has 0 N–H and O–H groups in total. The molecule has 9 heavy (non-hydrogen) atoms. The first-order valence-electron chi connectivity index (χ1n) is 3.42. The van der Waals surface area contributed by atoms with E-state index in [9.17, 15) is 0 Å². The summed E-state index contributed by atoms with van der Waals surface area (Å²) in [4.78, 5) is 0. The molecule has 1 heteroatoms. The van der Waals surface area contributed by atoms with E-state index in [0.717, 1.165) is 18.8 Å². The summed E-state index contributed by atoms with van der Waals surface area (Å²) in [5, 5.41) is 0. The third-order valence-electron chi connectivity index (χ3n) is 2.03. The molecule has 1 aliphatic carbocycles.